The van der Waals surface area contributed by atoms with E-state index in [4.69, 9.17) is 4.98 Å². The predicted molar refractivity (Wildman–Crippen MR) is 102 cm³/mol. The number of rotatable bonds is 4. The molecule has 2 aromatic carbocycles. The molecule has 4 heteroatoms. The Morgan fingerprint density at radius 3 is 2.38 bits per heavy atom. The molecule has 3 nitrogen and oxygen atoms in total. The molecule has 2 heterocycles. The fourth-order valence-electron chi connectivity index (χ4n) is 3.03. The van der Waals surface area contributed by atoms with Gasteiger partial charge in [0, 0.05) is 38.0 Å². The Morgan fingerprint density at radius 2 is 1.62 bits per heavy atom. The molecule has 1 aliphatic heterocycles. The highest BCUT2D eigenvalue weighted by atomic mass is 32.1. The third-order valence-electron chi connectivity index (χ3n) is 4.37. The summed E-state index contributed by atoms with van der Waals surface area (Å²) in [6.07, 6.45) is 0.900. The summed E-state index contributed by atoms with van der Waals surface area (Å²) in [5.74, 6) is 0. The van der Waals surface area contributed by atoms with Gasteiger partial charge in [0.2, 0.25) is 0 Å². The van der Waals surface area contributed by atoms with E-state index in [1.54, 1.807) is 11.3 Å². The van der Waals surface area contributed by atoms with Gasteiger partial charge in [-0.2, -0.15) is 0 Å². The molecule has 1 fully saturated rings. The largest absolute Gasteiger partial charge is 0.346 e. The molecule has 0 spiro atoms. The van der Waals surface area contributed by atoms with Crippen LogP contribution in [-0.2, 0) is 6.42 Å². The number of aromatic nitrogens is 1. The van der Waals surface area contributed by atoms with E-state index in [2.05, 4.69) is 70.2 Å². The van der Waals surface area contributed by atoms with Gasteiger partial charge >= 0.3 is 0 Å². The Balaban J connectivity index is 1.45. The smallest absolute Gasteiger partial charge is 0.185 e. The van der Waals surface area contributed by atoms with Crippen molar-refractivity contribution in [3.05, 3.63) is 71.2 Å². The van der Waals surface area contributed by atoms with Crippen molar-refractivity contribution in [2.45, 2.75) is 6.42 Å². The van der Waals surface area contributed by atoms with Crippen LogP contribution in [0.25, 0.3) is 11.1 Å². The SMILES string of the molecule is c1ccc(-c2ccc(Cc3csc(N4CCNCC4)n3)cc2)cc1. The summed E-state index contributed by atoms with van der Waals surface area (Å²) in [6, 6.07) is 19.3. The molecule has 0 unspecified atom stereocenters. The average Bonchev–Trinajstić information content (AvgIpc) is 3.12. The van der Waals surface area contributed by atoms with Crippen molar-refractivity contribution >= 4 is 16.5 Å². The first-order valence-corrected chi connectivity index (χ1v) is 9.31. The zero-order valence-corrected chi connectivity index (χ0v) is 14.4. The van der Waals surface area contributed by atoms with Gasteiger partial charge in [-0.1, -0.05) is 54.6 Å². The van der Waals surface area contributed by atoms with Crippen LogP contribution in [0.5, 0.6) is 0 Å². The summed E-state index contributed by atoms with van der Waals surface area (Å²) >= 11 is 1.76. The number of nitrogens with one attached hydrogen (secondary N) is 1. The van der Waals surface area contributed by atoms with Crippen molar-refractivity contribution in [3.63, 3.8) is 0 Å². The molecular weight excluding hydrogens is 314 g/mol. The maximum atomic E-state index is 4.83. The predicted octanol–water partition coefficient (Wildman–Crippen LogP) is 3.81. The van der Waals surface area contributed by atoms with Crippen LogP contribution in [-0.4, -0.2) is 31.2 Å². The third kappa shape index (κ3) is 3.50. The van der Waals surface area contributed by atoms with E-state index in [9.17, 15) is 0 Å². The van der Waals surface area contributed by atoms with E-state index in [1.165, 1.54) is 22.4 Å². The van der Waals surface area contributed by atoms with Crippen molar-refractivity contribution in [1.82, 2.24) is 10.3 Å². The lowest BCUT2D eigenvalue weighted by Gasteiger charge is -2.26. The molecule has 1 aliphatic rings. The van der Waals surface area contributed by atoms with Gasteiger partial charge in [-0.25, -0.2) is 4.98 Å². The van der Waals surface area contributed by atoms with Gasteiger partial charge in [0.25, 0.3) is 0 Å². The summed E-state index contributed by atoms with van der Waals surface area (Å²) in [7, 11) is 0. The number of hydrogen-bond donors (Lipinski definition) is 1. The monoisotopic (exact) mass is 335 g/mol. The van der Waals surface area contributed by atoms with Crippen LogP contribution in [0.1, 0.15) is 11.3 Å². The topological polar surface area (TPSA) is 28.2 Å². The van der Waals surface area contributed by atoms with Gasteiger partial charge < -0.3 is 10.2 Å². The van der Waals surface area contributed by atoms with Crippen molar-refractivity contribution in [3.8, 4) is 11.1 Å². The highest BCUT2D eigenvalue weighted by Gasteiger charge is 2.14. The van der Waals surface area contributed by atoms with Gasteiger partial charge in [-0.15, -0.1) is 11.3 Å². The van der Waals surface area contributed by atoms with Gasteiger partial charge in [0.1, 0.15) is 0 Å². The summed E-state index contributed by atoms with van der Waals surface area (Å²) in [5.41, 5.74) is 5.01. The maximum Gasteiger partial charge on any atom is 0.185 e. The van der Waals surface area contributed by atoms with Crippen LogP contribution in [0.2, 0.25) is 0 Å². The average molecular weight is 335 g/mol. The van der Waals surface area contributed by atoms with Crippen LogP contribution in [0.4, 0.5) is 5.13 Å². The Labute approximate surface area is 147 Å². The lowest BCUT2D eigenvalue weighted by Crippen LogP contribution is -2.43. The van der Waals surface area contributed by atoms with E-state index in [0.717, 1.165) is 37.7 Å². The Morgan fingerprint density at radius 1 is 0.917 bits per heavy atom. The summed E-state index contributed by atoms with van der Waals surface area (Å²) < 4.78 is 0. The van der Waals surface area contributed by atoms with E-state index in [0.29, 0.717) is 0 Å². The number of nitrogens with zero attached hydrogens (tertiary/aromatic N) is 2. The molecule has 1 saturated heterocycles. The molecule has 3 aromatic rings. The van der Waals surface area contributed by atoms with Gasteiger partial charge in [0.15, 0.2) is 5.13 Å². The molecule has 0 radical (unpaired) electrons. The molecule has 0 bridgehead atoms. The summed E-state index contributed by atoms with van der Waals surface area (Å²) in [4.78, 5) is 7.20. The molecule has 0 atom stereocenters. The first-order chi connectivity index (χ1) is 11.9. The van der Waals surface area contributed by atoms with Gasteiger partial charge in [-0.05, 0) is 16.7 Å². The van der Waals surface area contributed by atoms with Crippen LogP contribution in [0.15, 0.2) is 60.0 Å². The molecule has 1 aromatic heterocycles. The molecule has 4 rings (SSSR count). The Kier molecular flexibility index (Phi) is 4.58. The minimum Gasteiger partial charge on any atom is -0.346 e. The van der Waals surface area contributed by atoms with Crippen LogP contribution < -0.4 is 10.2 Å². The first-order valence-electron chi connectivity index (χ1n) is 8.43. The number of hydrogen-bond acceptors (Lipinski definition) is 4. The lowest BCUT2D eigenvalue weighted by atomic mass is 10.0. The second-order valence-corrected chi connectivity index (χ2v) is 6.93. The number of benzene rings is 2. The third-order valence-corrected chi connectivity index (χ3v) is 5.32. The van der Waals surface area contributed by atoms with E-state index in [-0.39, 0.29) is 0 Å². The quantitative estimate of drug-likeness (QED) is 0.786. The van der Waals surface area contributed by atoms with E-state index < -0.39 is 0 Å². The summed E-state index contributed by atoms with van der Waals surface area (Å²) in [5, 5.41) is 6.74. The molecule has 0 amide bonds. The first kappa shape index (κ1) is 15.4. The Bertz CT molecular complexity index is 774. The van der Waals surface area contributed by atoms with E-state index in [1.807, 2.05) is 0 Å². The molecule has 0 saturated carbocycles. The van der Waals surface area contributed by atoms with Crippen molar-refractivity contribution in [2.75, 3.05) is 31.1 Å². The molecule has 0 aliphatic carbocycles. The molecule has 1 N–H and O–H groups in total. The Hall–Kier alpha value is -2.17. The molecule has 24 heavy (non-hydrogen) atoms. The maximum absolute atomic E-state index is 4.83. The van der Waals surface area contributed by atoms with Crippen molar-refractivity contribution in [1.29, 1.82) is 0 Å². The van der Waals surface area contributed by atoms with E-state index >= 15 is 0 Å². The fourth-order valence-corrected chi connectivity index (χ4v) is 3.91. The van der Waals surface area contributed by atoms with Crippen LogP contribution in [0.3, 0.4) is 0 Å². The summed E-state index contributed by atoms with van der Waals surface area (Å²) in [6.45, 7) is 4.21. The van der Waals surface area contributed by atoms with Crippen molar-refractivity contribution < 1.29 is 0 Å². The molecule has 122 valence electrons. The second kappa shape index (κ2) is 7.16. The van der Waals surface area contributed by atoms with Gasteiger partial charge in [-0.3, -0.25) is 0 Å². The fraction of sp³-hybridized carbons (Fsp3) is 0.250. The molecular formula is C20H21N3S. The minimum atomic E-state index is 0.900. The standard InChI is InChI=1S/C20H21N3S/c1-2-4-17(5-3-1)18-8-6-16(7-9-18)14-19-15-24-20(22-19)23-12-10-21-11-13-23/h1-9,15,21H,10-14H2. The van der Waals surface area contributed by atoms with Crippen molar-refractivity contribution in [2.24, 2.45) is 0 Å². The zero-order chi connectivity index (χ0) is 16.2. The van der Waals surface area contributed by atoms with Crippen LogP contribution >= 0.6 is 11.3 Å². The number of thiazole rings is 1. The van der Waals surface area contributed by atoms with Crippen LogP contribution in [0, 0.1) is 0 Å². The van der Waals surface area contributed by atoms with Gasteiger partial charge in [0.05, 0.1) is 5.69 Å². The number of piperazine rings is 1. The minimum absolute atomic E-state index is 0.900. The lowest BCUT2D eigenvalue weighted by molar-refractivity contribution is 0.588. The normalized spacial score (nSPS) is 14.8. The highest BCUT2D eigenvalue weighted by Crippen LogP contribution is 2.24. The highest BCUT2D eigenvalue weighted by molar-refractivity contribution is 7.13. The zero-order valence-electron chi connectivity index (χ0n) is 13.6. The second-order valence-electron chi connectivity index (χ2n) is 6.10. The number of anilines is 1.